The van der Waals surface area contributed by atoms with Crippen molar-refractivity contribution in [2.45, 2.75) is 34.6 Å². The van der Waals surface area contributed by atoms with Gasteiger partial charge < -0.3 is 9.80 Å². The van der Waals surface area contributed by atoms with Crippen molar-refractivity contribution in [2.75, 3.05) is 32.7 Å². The van der Waals surface area contributed by atoms with Crippen LogP contribution in [-0.4, -0.2) is 63.4 Å². The molecule has 0 bridgehead atoms. The van der Waals surface area contributed by atoms with Crippen LogP contribution in [0.5, 0.6) is 0 Å². The second-order valence-electron chi connectivity index (χ2n) is 7.09. The summed E-state index contributed by atoms with van der Waals surface area (Å²) < 4.78 is 1.66. The molecule has 2 aromatic rings. The number of hydrogen-bond acceptors (Lipinski definition) is 4. The third kappa shape index (κ3) is 5.53. The van der Waals surface area contributed by atoms with E-state index in [0.29, 0.717) is 29.7 Å². The van der Waals surface area contributed by atoms with Crippen molar-refractivity contribution in [2.24, 2.45) is 5.92 Å². The quantitative estimate of drug-likeness (QED) is 0.654. The Bertz CT molecular complexity index is 755. The molecule has 6 nitrogen and oxygen atoms in total. The Morgan fingerprint density at radius 3 is 2.52 bits per heavy atom. The number of aromatic nitrogens is 3. The fourth-order valence-corrected chi connectivity index (χ4v) is 3.23. The van der Waals surface area contributed by atoms with Gasteiger partial charge in [0.15, 0.2) is 5.69 Å². The molecule has 0 saturated carbocycles. The van der Waals surface area contributed by atoms with Gasteiger partial charge in [-0.3, -0.25) is 4.79 Å². The summed E-state index contributed by atoms with van der Waals surface area (Å²) in [6.07, 6.45) is 0. The molecule has 1 amide bonds. The maximum Gasteiger partial charge on any atom is 0.276 e. The van der Waals surface area contributed by atoms with Gasteiger partial charge in [-0.05, 0) is 44.1 Å². The van der Waals surface area contributed by atoms with Crippen LogP contribution in [0, 0.1) is 12.8 Å². The molecule has 0 saturated heterocycles. The van der Waals surface area contributed by atoms with Crippen molar-refractivity contribution in [3.8, 4) is 5.69 Å². The molecule has 1 aromatic carbocycles. The highest BCUT2D eigenvalue weighted by atomic mass is 35.5. The minimum Gasteiger partial charge on any atom is -0.336 e. The summed E-state index contributed by atoms with van der Waals surface area (Å²) in [5.74, 6) is 0.315. The van der Waals surface area contributed by atoms with Crippen LogP contribution >= 0.6 is 11.6 Å². The lowest BCUT2D eigenvalue weighted by molar-refractivity contribution is 0.0709. The summed E-state index contributed by atoms with van der Waals surface area (Å²) in [7, 11) is 0. The minimum atomic E-state index is -0.0679. The third-order valence-corrected chi connectivity index (χ3v) is 4.84. The van der Waals surface area contributed by atoms with E-state index in [4.69, 9.17) is 11.6 Å². The molecule has 27 heavy (non-hydrogen) atoms. The first-order valence-electron chi connectivity index (χ1n) is 9.57. The topological polar surface area (TPSA) is 54.3 Å². The van der Waals surface area contributed by atoms with Gasteiger partial charge in [-0.15, -0.1) is 5.10 Å². The van der Waals surface area contributed by atoms with Crippen molar-refractivity contribution in [3.63, 3.8) is 0 Å². The van der Waals surface area contributed by atoms with E-state index in [9.17, 15) is 4.79 Å². The highest BCUT2D eigenvalue weighted by Crippen LogP contribution is 2.18. The molecule has 2 rings (SSSR count). The lowest BCUT2D eigenvalue weighted by Crippen LogP contribution is -2.41. The van der Waals surface area contributed by atoms with E-state index in [0.717, 1.165) is 31.0 Å². The molecule has 0 radical (unpaired) electrons. The first-order chi connectivity index (χ1) is 12.9. The maximum atomic E-state index is 13.2. The highest BCUT2D eigenvalue weighted by molar-refractivity contribution is 6.30. The van der Waals surface area contributed by atoms with Gasteiger partial charge in [0.25, 0.3) is 5.91 Å². The lowest BCUT2D eigenvalue weighted by Gasteiger charge is -2.27. The first-order valence-corrected chi connectivity index (χ1v) is 9.95. The van der Waals surface area contributed by atoms with E-state index in [1.165, 1.54) is 0 Å². The van der Waals surface area contributed by atoms with E-state index in [2.05, 4.69) is 42.9 Å². The van der Waals surface area contributed by atoms with Crippen molar-refractivity contribution in [1.82, 2.24) is 24.8 Å². The van der Waals surface area contributed by atoms with Gasteiger partial charge in [-0.1, -0.05) is 50.6 Å². The molecule has 0 aliphatic rings. The van der Waals surface area contributed by atoms with Crippen molar-refractivity contribution < 1.29 is 4.79 Å². The first kappa shape index (κ1) is 21.4. The maximum absolute atomic E-state index is 13.2. The summed E-state index contributed by atoms with van der Waals surface area (Å²) in [6.45, 7) is 14.6. The Morgan fingerprint density at radius 1 is 1.22 bits per heavy atom. The van der Waals surface area contributed by atoms with Gasteiger partial charge in [-0.25, -0.2) is 4.68 Å². The molecule has 0 N–H and O–H groups in total. The molecule has 0 atom stereocenters. The number of nitrogens with zero attached hydrogens (tertiary/aromatic N) is 5. The van der Waals surface area contributed by atoms with Crippen LogP contribution in [0.4, 0.5) is 0 Å². The van der Waals surface area contributed by atoms with E-state index in [-0.39, 0.29) is 5.91 Å². The van der Waals surface area contributed by atoms with Crippen molar-refractivity contribution in [3.05, 3.63) is 40.7 Å². The largest absolute Gasteiger partial charge is 0.336 e. The minimum absolute atomic E-state index is 0.0679. The van der Waals surface area contributed by atoms with E-state index in [1.54, 1.807) is 10.7 Å². The SMILES string of the molecule is CCN(CC)CCN(CC(C)C)C(=O)c1nnn(-c2cccc(Cl)c2)c1C. The number of carbonyl (C=O) groups excluding carboxylic acids is 1. The fourth-order valence-electron chi connectivity index (χ4n) is 3.05. The molecular formula is C20H30ClN5O. The molecule has 0 unspecified atom stereocenters. The molecule has 0 aliphatic carbocycles. The number of rotatable bonds is 9. The van der Waals surface area contributed by atoms with Gasteiger partial charge in [-0.2, -0.15) is 0 Å². The second kappa shape index (κ2) is 9.85. The van der Waals surface area contributed by atoms with Gasteiger partial charge in [0, 0.05) is 24.7 Å². The smallest absolute Gasteiger partial charge is 0.276 e. The predicted molar refractivity (Wildman–Crippen MR) is 110 cm³/mol. The molecule has 0 spiro atoms. The number of hydrogen-bond donors (Lipinski definition) is 0. The highest BCUT2D eigenvalue weighted by Gasteiger charge is 2.24. The van der Waals surface area contributed by atoms with Gasteiger partial charge in [0.05, 0.1) is 11.4 Å². The molecule has 148 valence electrons. The van der Waals surface area contributed by atoms with Crippen LogP contribution in [0.2, 0.25) is 5.02 Å². The van der Waals surface area contributed by atoms with E-state index < -0.39 is 0 Å². The number of benzene rings is 1. The average molecular weight is 392 g/mol. The van der Waals surface area contributed by atoms with Gasteiger partial charge in [0.2, 0.25) is 0 Å². The van der Waals surface area contributed by atoms with Crippen LogP contribution < -0.4 is 0 Å². The second-order valence-corrected chi connectivity index (χ2v) is 7.52. The van der Waals surface area contributed by atoms with E-state index in [1.807, 2.05) is 30.0 Å². The summed E-state index contributed by atoms with van der Waals surface area (Å²) in [6, 6.07) is 7.37. The number of halogens is 1. The van der Waals surface area contributed by atoms with Gasteiger partial charge >= 0.3 is 0 Å². The number of likely N-dealkylation sites (N-methyl/N-ethyl adjacent to an activating group) is 1. The predicted octanol–water partition coefficient (Wildman–Crippen LogP) is 3.67. The Balaban J connectivity index is 2.24. The van der Waals surface area contributed by atoms with E-state index >= 15 is 0 Å². The zero-order valence-corrected chi connectivity index (χ0v) is 17.7. The average Bonchev–Trinajstić information content (AvgIpc) is 3.02. The molecule has 1 aromatic heterocycles. The summed E-state index contributed by atoms with van der Waals surface area (Å²) in [5.41, 5.74) is 1.92. The Morgan fingerprint density at radius 2 is 1.93 bits per heavy atom. The number of amides is 1. The Hall–Kier alpha value is -1.92. The molecule has 1 heterocycles. The van der Waals surface area contributed by atoms with Crippen molar-refractivity contribution >= 4 is 17.5 Å². The zero-order chi connectivity index (χ0) is 20.0. The molecule has 7 heteroatoms. The molecular weight excluding hydrogens is 362 g/mol. The van der Waals surface area contributed by atoms with Crippen LogP contribution in [0.1, 0.15) is 43.9 Å². The Labute approximate surface area is 167 Å². The van der Waals surface area contributed by atoms with Crippen LogP contribution in [0.25, 0.3) is 5.69 Å². The molecule has 0 fully saturated rings. The monoisotopic (exact) mass is 391 g/mol. The normalized spacial score (nSPS) is 11.4. The lowest BCUT2D eigenvalue weighted by atomic mass is 10.2. The summed E-state index contributed by atoms with van der Waals surface area (Å²) in [4.78, 5) is 17.4. The van der Waals surface area contributed by atoms with Crippen LogP contribution in [-0.2, 0) is 0 Å². The number of carbonyl (C=O) groups is 1. The van der Waals surface area contributed by atoms with Crippen LogP contribution in [0.15, 0.2) is 24.3 Å². The Kier molecular flexibility index (Phi) is 7.80. The fraction of sp³-hybridized carbons (Fsp3) is 0.550. The van der Waals surface area contributed by atoms with Gasteiger partial charge in [0.1, 0.15) is 0 Å². The zero-order valence-electron chi connectivity index (χ0n) is 16.9. The summed E-state index contributed by atoms with van der Waals surface area (Å²) in [5, 5.41) is 8.99. The third-order valence-electron chi connectivity index (χ3n) is 4.60. The van der Waals surface area contributed by atoms with Crippen molar-refractivity contribution in [1.29, 1.82) is 0 Å². The summed E-state index contributed by atoms with van der Waals surface area (Å²) >= 11 is 6.08. The standard InChI is InChI=1S/C20H30ClN5O/c1-6-24(7-2)11-12-25(14-15(3)4)20(27)19-16(5)26(23-22-19)18-10-8-9-17(21)13-18/h8-10,13,15H,6-7,11-12,14H2,1-5H3. The van der Waals surface area contributed by atoms with Crippen LogP contribution in [0.3, 0.4) is 0 Å². The molecule has 0 aliphatic heterocycles.